The lowest BCUT2D eigenvalue weighted by Gasteiger charge is -2.31. The number of carbonyl (C=O) groups is 1. The normalized spacial score (nSPS) is 14.6. The molecule has 0 bridgehead atoms. The van der Waals surface area contributed by atoms with Gasteiger partial charge < -0.3 is 0 Å². The van der Waals surface area contributed by atoms with Crippen LogP contribution < -0.4 is 0 Å². The van der Waals surface area contributed by atoms with Crippen molar-refractivity contribution >= 4 is 16.9 Å². The van der Waals surface area contributed by atoms with E-state index in [0.717, 1.165) is 0 Å². The zero-order chi connectivity index (χ0) is 17.9. The molecule has 0 radical (unpaired) electrons. The van der Waals surface area contributed by atoms with Crippen molar-refractivity contribution in [2.24, 2.45) is 0 Å². The molecule has 0 aliphatic carbocycles. The van der Waals surface area contributed by atoms with Gasteiger partial charge >= 0.3 is 11.8 Å². The van der Waals surface area contributed by atoms with Crippen LogP contribution in [-0.2, 0) is 0 Å². The SMILES string of the molecule is CC(F)(F)C(F)C(F)(F)C(F)(F)CCSC(=O)c1ccccc1. The molecule has 9 heteroatoms. The molecule has 0 N–H and O–H groups in total. The zero-order valence-corrected chi connectivity index (χ0v) is 12.7. The van der Waals surface area contributed by atoms with Gasteiger partial charge in [0, 0.05) is 24.7 Å². The smallest absolute Gasteiger partial charge is 0.282 e. The molecule has 0 spiro atoms. The van der Waals surface area contributed by atoms with Crippen LogP contribution in [0.3, 0.4) is 0 Å². The van der Waals surface area contributed by atoms with Crippen LogP contribution in [0.2, 0.25) is 0 Å². The second-order valence-corrected chi connectivity index (χ2v) is 5.97. The number of thioether (sulfide) groups is 1. The number of alkyl halides is 7. The predicted octanol–water partition coefficient (Wildman–Crippen LogP) is 5.21. The van der Waals surface area contributed by atoms with Gasteiger partial charge in [-0.1, -0.05) is 42.1 Å². The fourth-order valence-corrected chi connectivity index (χ4v) is 2.45. The lowest BCUT2D eigenvalue weighted by atomic mass is 10.0. The molecule has 23 heavy (non-hydrogen) atoms. The third kappa shape index (κ3) is 4.86. The molecule has 0 aliphatic heterocycles. The van der Waals surface area contributed by atoms with Crippen LogP contribution in [-0.4, -0.2) is 34.8 Å². The number of carbonyl (C=O) groups excluding carboxylic acids is 1. The maximum Gasteiger partial charge on any atom is 0.346 e. The summed E-state index contributed by atoms with van der Waals surface area (Å²) in [6.45, 7) is -0.199. The maximum absolute atomic E-state index is 13.4. The van der Waals surface area contributed by atoms with Gasteiger partial charge in [0.05, 0.1) is 0 Å². The fourth-order valence-electron chi connectivity index (χ4n) is 1.60. The molecule has 0 heterocycles. The summed E-state index contributed by atoms with van der Waals surface area (Å²) < 4.78 is 91.4. The van der Waals surface area contributed by atoms with E-state index >= 15 is 0 Å². The second-order valence-electron chi connectivity index (χ2n) is 4.90. The van der Waals surface area contributed by atoms with Gasteiger partial charge in [-0.05, 0) is 0 Å². The van der Waals surface area contributed by atoms with Gasteiger partial charge in [0.1, 0.15) is 0 Å². The van der Waals surface area contributed by atoms with Crippen molar-refractivity contribution in [2.45, 2.75) is 37.3 Å². The van der Waals surface area contributed by atoms with Crippen molar-refractivity contribution in [3.8, 4) is 0 Å². The lowest BCUT2D eigenvalue weighted by Crippen LogP contribution is -2.54. The Bertz CT molecular complexity index is 528. The molecule has 1 rings (SSSR count). The van der Waals surface area contributed by atoms with Gasteiger partial charge in [0.25, 0.3) is 5.92 Å². The molecule has 130 valence electrons. The first-order chi connectivity index (χ1) is 10.4. The highest BCUT2D eigenvalue weighted by Gasteiger charge is 2.66. The topological polar surface area (TPSA) is 17.1 Å². The third-order valence-corrected chi connectivity index (χ3v) is 3.82. The van der Waals surface area contributed by atoms with Gasteiger partial charge in [-0.15, -0.1) is 0 Å². The van der Waals surface area contributed by atoms with Crippen molar-refractivity contribution in [2.75, 3.05) is 5.75 Å². The third-order valence-electron chi connectivity index (χ3n) is 2.91. The van der Waals surface area contributed by atoms with Gasteiger partial charge in [-0.25, -0.2) is 13.2 Å². The van der Waals surface area contributed by atoms with Crippen molar-refractivity contribution in [3.63, 3.8) is 0 Å². The molecule has 0 aromatic heterocycles. The average molecular weight is 362 g/mol. The molecule has 0 saturated carbocycles. The minimum atomic E-state index is -5.54. The summed E-state index contributed by atoms with van der Waals surface area (Å²) in [6, 6.07) is 7.46. The van der Waals surface area contributed by atoms with Gasteiger partial charge in [0.15, 0.2) is 0 Å². The largest absolute Gasteiger partial charge is 0.346 e. The first kappa shape index (κ1) is 19.8. The van der Waals surface area contributed by atoms with Crippen molar-refractivity contribution in [1.82, 2.24) is 0 Å². The lowest BCUT2D eigenvalue weighted by molar-refractivity contribution is -0.274. The van der Waals surface area contributed by atoms with E-state index in [0.29, 0.717) is 11.8 Å². The maximum atomic E-state index is 13.4. The summed E-state index contributed by atoms with van der Waals surface area (Å²) >= 11 is 0.330. The Balaban J connectivity index is 2.66. The summed E-state index contributed by atoms with van der Waals surface area (Å²) in [7, 11) is 0. The Morgan fingerprint density at radius 1 is 1.09 bits per heavy atom. The number of hydrogen-bond donors (Lipinski definition) is 0. The molecule has 0 amide bonds. The molecule has 0 fully saturated rings. The Kier molecular flexibility index (Phi) is 6.12. The van der Waals surface area contributed by atoms with Crippen LogP contribution in [0.25, 0.3) is 0 Å². The van der Waals surface area contributed by atoms with E-state index in [1.807, 2.05) is 0 Å². The first-order valence-corrected chi connectivity index (χ1v) is 7.38. The predicted molar refractivity (Wildman–Crippen MR) is 73.3 cm³/mol. The highest BCUT2D eigenvalue weighted by Crippen LogP contribution is 2.45. The van der Waals surface area contributed by atoms with Gasteiger partial charge in [0.2, 0.25) is 11.3 Å². The van der Waals surface area contributed by atoms with E-state index in [1.165, 1.54) is 24.3 Å². The van der Waals surface area contributed by atoms with E-state index < -0.39 is 41.2 Å². The number of hydrogen-bond acceptors (Lipinski definition) is 2. The number of benzene rings is 1. The molecule has 1 aromatic rings. The first-order valence-electron chi connectivity index (χ1n) is 6.39. The quantitative estimate of drug-likeness (QED) is 0.619. The van der Waals surface area contributed by atoms with E-state index in [-0.39, 0.29) is 12.5 Å². The number of halogens is 7. The molecule has 0 aliphatic rings. The summed E-state index contributed by atoms with van der Waals surface area (Å²) in [4.78, 5) is 11.6. The minimum Gasteiger partial charge on any atom is -0.282 e. The average Bonchev–Trinajstić information content (AvgIpc) is 2.45. The Morgan fingerprint density at radius 2 is 1.61 bits per heavy atom. The highest BCUT2D eigenvalue weighted by atomic mass is 32.2. The van der Waals surface area contributed by atoms with Crippen LogP contribution in [0.1, 0.15) is 23.7 Å². The second kappa shape index (κ2) is 7.11. The van der Waals surface area contributed by atoms with E-state index in [9.17, 15) is 35.5 Å². The summed E-state index contributed by atoms with van der Waals surface area (Å²) in [5.41, 5.74) is 0.177. The Hall–Kier alpha value is -1.25. The van der Waals surface area contributed by atoms with Gasteiger partial charge in [-0.3, -0.25) is 4.79 Å². The molecule has 1 atom stereocenters. The molecule has 1 aromatic carbocycles. The summed E-state index contributed by atoms with van der Waals surface area (Å²) in [6.07, 6.45) is -5.93. The highest BCUT2D eigenvalue weighted by molar-refractivity contribution is 8.14. The van der Waals surface area contributed by atoms with E-state index in [4.69, 9.17) is 0 Å². The monoisotopic (exact) mass is 362 g/mol. The van der Waals surface area contributed by atoms with Crippen molar-refractivity contribution in [1.29, 1.82) is 0 Å². The van der Waals surface area contributed by atoms with Crippen LogP contribution in [0.5, 0.6) is 0 Å². The fraction of sp³-hybridized carbons (Fsp3) is 0.500. The van der Waals surface area contributed by atoms with Crippen LogP contribution in [0.4, 0.5) is 30.7 Å². The van der Waals surface area contributed by atoms with Gasteiger partial charge in [-0.2, -0.15) is 17.6 Å². The van der Waals surface area contributed by atoms with Crippen LogP contribution >= 0.6 is 11.8 Å². The standard InChI is InChI=1S/C14H13F7OS/c1-12(16,17)11(15)14(20,21)13(18,19)7-8-23-10(22)9-5-3-2-4-6-9/h2-6,11H,7-8H2,1H3. The number of rotatable bonds is 7. The summed E-state index contributed by atoms with van der Waals surface area (Å²) in [5, 5.41) is -0.637. The van der Waals surface area contributed by atoms with Crippen LogP contribution in [0.15, 0.2) is 30.3 Å². The molecule has 0 saturated heterocycles. The molecule has 1 unspecified atom stereocenters. The molecular weight excluding hydrogens is 349 g/mol. The Morgan fingerprint density at radius 3 is 2.09 bits per heavy atom. The van der Waals surface area contributed by atoms with E-state index in [2.05, 4.69) is 0 Å². The Labute approximate surface area is 132 Å². The molecular formula is C14H13F7OS. The molecule has 1 nitrogen and oxygen atoms in total. The van der Waals surface area contributed by atoms with Crippen molar-refractivity contribution < 1.29 is 35.5 Å². The van der Waals surface area contributed by atoms with Crippen molar-refractivity contribution in [3.05, 3.63) is 35.9 Å². The minimum absolute atomic E-state index is 0.177. The zero-order valence-electron chi connectivity index (χ0n) is 11.8. The van der Waals surface area contributed by atoms with E-state index in [1.54, 1.807) is 6.07 Å². The summed E-state index contributed by atoms with van der Waals surface area (Å²) in [5.74, 6) is -15.9. The van der Waals surface area contributed by atoms with Crippen LogP contribution in [0, 0.1) is 0 Å².